The third-order valence-corrected chi connectivity index (χ3v) is 6.25. The molecule has 0 atom stereocenters. The number of nitrogens with zero attached hydrogens (tertiary/aromatic N) is 5. The summed E-state index contributed by atoms with van der Waals surface area (Å²) in [6, 6.07) is 21.4. The van der Waals surface area contributed by atoms with Gasteiger partial charge in [0.2, 0.25) is 0 Å². The van der Waals surface area contributed by atoms with Gasteiger partial charge >= 0.3 is 0 Å². The maximum Gasteiger partial charge on any atom is 0.261 e. The Hall–Kier alpha value is -4.37. The number of nitrogens with one attached hydrogen (secondary N) is 1. The molecule has 5 aromatic rings. The average Bonchev–Trinajstić information content (AvgIpc) is 3.48. The number of aliphatic hydroxyl groups is 1. The van der Waals surface area contributed by atoms with E-state index in [4.69, 9.17) is 14.8 Å². The van der Waals surface area contributed by atoms with E-state index < -0.39 is 0 Å². The zero-order valence-corrected chi connectivity index (χ0v) is 20.6. The zero-order chi connectivity index (χ0) is 25.6. The maximum absolute atomic E-state index is 13.6. The van der Waals surface area contributed by atoms with Gasteiger partial charge in [-0.25, -0.2) is 10.1 Å². The van der Waals surface area contributed by atoms with Crippen LogP contribution in [-0.4, -0.2) is 48.5 Å². The maximum atomic E-state index is 13.6. The number of aromatic amines is 1. The largest absolute Gasteiger partial charge is 0.491 e. The average molecular weight is 497 g/mol. The van der Waals surface area contributed by atoms with Gasteiger partial charge in [-0.15, -0.1) is 5.10 Å². The van der Waals surface area contributed by atoms with Gasteiger partial charge in [-0.05, 0) is 51.7 Å². The summed E-state index contributed by atoms with van der Waals surface area (Å²) < 4.78 is 7.28. The lowest BCUT2D eigenvalue weighted by Gasteiger charge is -2.15. The number of aliphatic hydroxyl groups excluding tert-OH is 1. The minimum atomic E-state index is -0.0993. The second-order valence-corrected chi connectivity index (χ2v) is 8.77. The number of aryl methyl sites for hydroxylation is 1. The fourth-order valence-electron chi connectivity index (χ4n) is 4.37. The third-order valence-electron chi connectivity index (χ3n) is 6.25. The van der Waals surface area contributed by atoms with Gasteiger partial charge in [0.25, 0.3) is 5.56 Å². The van der Waals surface area contributed by atoms with Gasteiger partial charge in [0.1, 0.15) is 18.2 Å². The minimum Gasteiger partial charge on any atom is -0.491 e. The molecule has 0 saturated carbocycles. The van der Waals surface area contributed by atoms with Crippen LogP contribution in [0.3, 0.4) is 0 Å². The predicted octanol–water partition coefficient (Wildman–Crippen LogP) is 4.01. The van der Waals surface area contributed by atoms with Crippen LogP contribution in [0.15, 0.2) is 71.5 Å². The number of H-pyrrole nitrogens is 1. The predicted molar refractivity (Wildman–Crippen MR) is 141 cm³/mol. The number of hydrogen-bond acceptors (Lipinski definition) is 7. The van der Waals surface area contributed by atoms with E-state index in [1.165, 1.54) is 0 Å². The molecule has 0 amide bonds. The van der Waals surface area contributed by atoms with Crippen LogP contribution in [-0.2, 0) is 13.0 Å². The molecule has 0 aliphatic heterocycles. The summed E-state index contributed by atoms with van der Waals surface area (Å²) in [4.78, 5) is 18.4. The van der Waals surface area contributed by atoms with Crippen LogP contribution in [0.1, 0.15) is 31.2 Å². The monoisotopic (exact) mass is 496 g/mol. The van der Waals surface area contributed by atoms with Crippen LogP contribution in [0.2, 0.25) is 0 Å². The Morgan fingerprint density at radius 2 is 1.84 bits per heavy atom. The topological polar surface area (TPSA) is 119 Å². The number of ether oxygens (including phenoxy) is 1. The van der Waals surface area contributed by atoms with Crippen molar-refractivity contribution in [2.24, 2.45) is 0 Å². The fourth-order valence-corrected chi connectivity index (χ4v) is 4.37. The molecule has 0 spiro atoms. The number of benzene rings is 3. The first-order chi connectivity index (χ1) is 18.2. The van der Waals surface area contributed by atoms with E-state index in [2.05, 4.69) is 27.5 Å². The quantitative estimate of drug-likeness (QED) is 0.300. The lowest BCUT2D eigenvalue weighted by atomic mass is 9.98. The van der Waals surface area contributed by atoms with Crippen molar-refractivity contribution in [2.45, 2.75) is 32.7 Å². The summed E-state index contributed by atoms with van der Waals surface area (Å²) in [5.41, 5.74) is 4.50. The Labute approximate surface area is 213 Å². The van der Waals surface area contributed by atoms with E-state index in [1.807, 2.05) is 48.5 Å². The standard InChI is InChI=1S/C28H28N6O3/c1-2-3-8-26-29-25-14-13-21(37-16-15-35)17-24(25)28(36)34(26)18-19-9-11-20(12-10-19)22-6-4-5-7-23(22)27-30-32-33-31-27/h4-7,9-14,17,35H,2-3,8,15-16,18H2,1H3,(H,30,31,32,33). The fraction of sp³-hybridized carbons (Fsp3) is 0.250. The number of fused-ring (bicyclic) bond motifs is 1. The highest BCUT2D eigenvalue weighted by Gasteiger charge is 2.14. The molecule has 0 radical (unpaired) electrons. The summed E-state index contributed by atoms with van der Waals surface area (Å²) in [6.45, 7) is 2.62. The van der Waals surface area contributed by atoms with E-state index in [0.29, 0.717) is 29.0 Å². The molecule has 37 heavy (non-hydrogen) atoms. The molecule has 188 valence electrons. The molecule has 0 aliphatic carbocycles. The molecular formula is C28H28N6O3. The molecule has 9 heteroatoms. The number of rotatable bonds is 10. The van der Waals surface area contributed by atoms with E-state index in [0.717, 1.165) is 47.3 Å². The van der Waals surface area contributed by atoms with Gasteiger partial charge in [-0.3, -0.25) is 9.36 Å². The number of unbranched alkanes of at least 4 members (excludes halogenated alkanes) is 1. The molecule has 5 rings (SSSR count). The van der Waals surface area contributed by atoms with E-state index in [1.54, 1.807) is 22.8 Å². The Balaban J connectivity index is 1.49. The molecule has 0 unspecified atom stereocenters. The summed E-state index contributed by atoms with van der Waals surface area (Å²) in [5.74, 6) is 1.92. The summed E-state index contributed by atoms with van der Waals surface area (Å²) >= 11 is 0. The van der Waals surface area contributed by atoms with Gasteiger partial charge in [0.15, 0.2) is 5.82 Å². The second-order valence-electron chi connectivity index (χ2n) is 8.77. The Kier molecular flexibility index (Phi) is 7.32. The summed E-state index contributed by atoms with van der Waals surface area (Å²) in [6.07, 6.45) is 2.68. The van der Waals surface area contributed by atoms with Crippen molar-refractivity contribution < 1.29 is 9.84 Å². The van der Waals surface area contributed by atoms with Gasteiger partial charge in [-0.1, -0.05) is 61.9 Å². The lowest BCUT2D eigenvalue weighted by molar-refractivity contribution is 0.201. The zero-order valence-electron chi connectivity index (χ0n) is 20.6. The molecule has 2 aromatic heterocycles. The Morgan fingerprint density at radius 3 is 2.57 bits per heavy atom. The number of aromatic nitrogens is 6. The Bertz CT molecular complexity index is 1550. The van der Waals surface area contributed by atoms with Crippen LogP contribution >= 0.6 is 0 Å². The third kappa shape index (κ3) is 5.26. The minimum absolute atomic E-state index is 0.0910. The SMILES string of the molecule is CCCCc1nc2ccc(OCCO)cc2c(=O)n1Cc1ccc(-c2ccccc2-c2nnn[nH]2)cc1. The summed E-state index contributed by atoms with van der Waals surface area (Å²) in [5, 5.41) is 23.8. The van der Waals surface area contributed by atoms with Crippen LogP contribution in [0.4, 0.5) is 0 Å². The van der Waals surface area contributed by atoms with Crippen LogP contribution in [0, 0.1) is 0 Å². The van der Waals surface area contributed by atoms with Crippen molar-refractivity contribution in [3.63, 3.8) is 0 Å². The van der Waals surface area contributed by atoms with Crippen molar-refractivity contribution in [2.75, 3.05) is 13.2 Å². The Morgan fingerprint density at radius 1 is 1.03 bits per heavy atom. The normalized spacial score (nSPS) is 11.2. The van der Waals surface area contributed by atoms with Gasteiger partial charge < -0.3 is 9.84 Å². The number of tetrazole rings is 1. The lowest BCUT2D eigenvalue weighted by Crippen LogP contribution is -2.26. The van der Waals surface area contributed by atoms with Gasteiger partial charge in [0.05, 0.1) is 24.1 Å². The first-order valence-electron chi connectivity index (χ1n) is 12.4. The van der Waals surface area contributed by atoms with Crippen molar-refractivity contribution in [3.05, 3.63) is 88.5 Å². The molecular weight excluding hydrogens is 468 g/mol. The van der Waals surface area contributed by atoms with Gasteiger partial charge in [-0.2, -0.15) is 0 Å². The molecule has 0 fully saturated rings. The first-order valence-corrected chi connectivity index (χ1v) is 12.4. The molecule has 0 bridgehead atoms. The molecule has 2 heterocycles. The van der Waals surface area contributed by atoms with Crippen LogP contribution in [0.5, 0.6) is 5.75 Å². The van der Waals surface area contributed by atoms with E-state index >= 15 is 0 Å². The van der Waals surface area contributed by atoms with Crippen LogP contribution in [0.25, 0.3) is 33.4 Å². The molecule has 9 nitrogen and oxygen atoms in total. The number of hydrogen-bond donors (Lipinski definition) is 2. The van der Waals surface area contributed by atoms with Crippen molar-refractivity contribution in [1.82, 2.24) is 30.2 Å². The molecule has 0 aliphatic rings. The highest BCUT2D eigenvalue weighted by Crippen LogP contribution is 2.30. The molecule has 2 N–H and O–H groups in total. The van der Waals surface area contributed by atoms with Crippen molar-refractivity contribution in [1.29, 1.82) is 0 Å². The molecule has 3 aromatic carbocycles. The van der Waals surface area contributed by atoms with Gasteiger partial charge in [0, 0.05) is 12.0 Å². The highest BCUT2D eigenvalue weighted by molar-refractivity contribution is 5.80. The van der Waals surface area contributed by atoms with E-state index in [9.17, 15) is 4.79 Å². The summed E-state index contributed by atoms with van der Waals surface area (Å²) in [7, 11) is 0. The molecule has 0 saturated heterocycles. The van der Waals surface area contributed by atoms with Crippen molar-refractivity contribution >= 4 is 10.9 Å². The van der Waals surface area contributed by atoms with E-state index in [-0.39, 0.29) is 18.8 Å². The smallest absolute Gasteiger partial charge is 0.261 e. The first kappa shape index (κ1) is 24.3. The highest BCUT2D eigenvalue weighted by atomic mass is 16.5. The van der Waals surface area contributed by atoms with Crippen LogP contribution < -0.4 is 10.3 Å². The second kappa shape index (κ2) is 11.1. The van der Waals surface area contributed by atoms with Crippen molar-refractivity contribution in [3.8, 4) is 28.3 Å².